The van der Waals surface area contributed by atoms with E-state index in [0.29, 0.717) is 41.0 Å². The summed E-state index contributed by atoms with van der Waals surface area (Å²) in [4.78, 5) is 32.0. The lowest BCUT2D eigenvalue weighted by atomic mass is 9.60. The number of ether oxygens (including phenoxy) is 1. The molecular weight excluding hydrogens is 685 g/mol. The summed E-state index contributed by atoms with van der Waals surface area (Å²) in [5.74, 6) is 3.08. The first-order chi connectivity index (χ1) is 26.3. The van der Waals surface area contributed by atoms with Crippen molar-refractivity contribution in [3.8, 4) is 17.0 Å². The van der Waals surface area contributed by atoms with Gasteiger partial charge in [0, 0.05) is 74.7 Å². The van der Waals surface area contributed by atoms with Crippen molar-refractivity contribution < 1.29 is 19.2 Å². The summed E-state index contributed by atoms with van der Waals surface area (Å²) in [6, 6.07) is 12.1. The molecule has 3 aromatic heterocycles. The van der Waals surface area contributed by atoms with Gasteiger partial charge in [-0.15, -0.1) is 10.2 Å². The first kappa shape index (κ1) is 34.8. The maximum absolute atomic E-state index is 12.5. The number of piperazine rings is 1. The van der Waals surface area contributed by atoms with Gasteiger partial charge in [0.25, 0.3) is 0 Å². The largest absolute Gasteiger partial charge is 0.507 e. The van der Waals surface area contributed by atoms with Gasteiger partial charge in [0.05, 0.1) is 24.0 Å². The number of piperidine rings is 1. The van der Waals surface area contributed by atoms with Crippen molar-refractivity contribution in [3.05, 3.63) is 60.1 Å². The zero-order valence-corrected chi connectivity index (χ0v) is 31.4. The molecule has 9 rings (SSSR count). The number of carbonyl (C=O) groups excluding carboxylic acids is 1. The molecule has 1 saturated carbocycles. The van der Waals surface area contributed by atoms with Gasteiger partial charge in [-0.1, -0.05) is 31.1 Å². The highest BCUT2D eigenvalue weighted by atomic mass is 16.5. The molecule has 1 unspecified atom stereocenters. The molecule has 0 bridgehead atoms. The number of hydrogen-bond donors (Lipinski definition) is 2. The highest BCUT2D eigenvalue weighted by molar-refractivity contribution is 5.78. The number of para-hydroxylation sites is 1. The Hall–Kier alpha value is -4.98. The highest BCUT2D eigenvalue weighted by Gasteiger charge is 2.54. The number of carbonyl (C=O) groups is 1. The molecule has 3 saturated heterocycles. The fourth-order valence-electron chi connectivity index (χ4n) is 9.50. The Bertz CT molecular complexity index is 1970. The maximum atomic E-state index is 12.5. The minimum absolute atomic E-state index is 0.0716. The average Bonchev–Trinajstić information content (AvgIpc) is 3.62. The van der Waals surface area contributed by atoms with Gasteiger partial charge < -0.3 is 39.3 Å². The number of phenolic OH excluding ortho intramolecular Hbond substituents is 1. The number of benzene rings is 1. The number of phenols is 1. The molecule has 1 aromatic carbocycles. The molecular formula is C40H50N10O4. The molecule has 0 radical (unpaired) electrons. The summed E-state index contributed by atoms with van der Waals surface area (Å²) in [7, 11) is 0. The zero-order chi connectivity index (χ0) is 37.0. The van der Waals surface area contributed by atoms with Gasteiger partial charge in [0.15, 0.2) is 17.4 Å². The third-order valence-corrected chi connectivity index (χ3v) is 12.5. The van der Waals surface area contributed by atoms with Crippen LogP contribution in [0.15, 0.2) is 53.3 Å². The van der Waals surface area contributed by atoms with E-state index < -0.39 is 5.92 Å². The molecule has 2 atom stereocenters. The normalized spacial score (nSPS) is 21.9. The Morgan fingerprint density at radius 1 is 1.02 bits per heavy atom. The third-order valence-electron chi connectivity index (χ3n) is 12.5. The Balaban J connectivity index is 0.745. The molecule has 4 fully saturated rings. The van der Waals surface area contributed by atoms with Crippen molar-refractivity contribution >= 4 is 29.2 Å². The molecule has 1 spiro atoms. The molecule has 0 amide bonds. The second kappa shape index (κ2) is 14.0. The number of anilines is 4. The van der Waals surface area contributed by atoms with Crippen molar-refractivity contribution in [2.45, 2.75) is 70.4 Å². The topological polar surface area (TPSA) is 149 Å². The fraction of sp³-hybridized carbons (Fsp3) is 0.550. The first-order valence-corrected chi connectivity index (χ1v) is 19.6. The second-order valence-corrected chi connectivity index (χ2v) is 16.3. The standard InChI is InChI=1S/C40H50N10O4/c1-4-53-38(52)36(25(2)3)34-16-35(46-54-34)49-23-40(24-49)17-28(18-40)47-11-9-26(10-12-47)27-19-42-39(43-20-27)48-13-14-50-29(22-48)21-41-37-32(50)15-31(44-45-37)30-7-5-6-8-33(30)51/h5-8,15-16,19-20,25-26,28-29,36,51H,4,9-14,17-18,21-24H2,1-3H3,(H,41,45)/t29-,36?/m0/s1. The number of rotatable bonds is 9. The molecule has 284 valence electrons. The van der Waals surface area contributed by atoms with Crippen molar-refractivity contribution in [2.75, 3.05) is 79.0 Å². The second-order valence-electron chi connectivity index (χ2n) is 16.3. The number of esters is 1. The molecule has 14 heteroatoms. The van der Waals surface area contributed by atoms with E-state index in [1.165, 1.54) is 18.4 Å². The van der Waals surface area contributed by atoms with Crippen LogP contribution in [0, 0.1) is 11.3 Å². The lowest BCUT2D eigenvalue weighted by Crippen LogP contribution is -2.67. The number of aromatic nitrogens is 5. The minimum atomic E-state index is -0.429. The first-order valence-electron chi connectivity index (χ1n) is 19.6. The van der Waals surface area contributed by atoms with Crippen LogP contribution in [0.3, 0.4) is 0 Å². The predicted octanol–water partition coefficient (Wildman–Crippen LogP) is 4.90. The highest BCUT2D eigenvalue weighted by Crippen LogP contribution is 2.52. The van der Waals surface area contributed by atoms with Crippen molar-refractivity contribution in [1.29, 1.82) is 0 Å². The van der Waals surface area contributed by atoms with Crippen LogP contribution in [0.2, 0.25) is 0 Å². The van der Waals surface area contributed by atoms with Crippen LogP contribution in [-0.4, -0.2) is 112 Å². The lowest BCUT2D eigenvalue weighted by molar-refractivity contribution is -0.146. The molecule has 1 aliphatic carbocycles. The van der Waals surface area contributed by atoms with Gasteiger partial charge in [0.1, 0.15) is 11.7 Å². The molecule has 7 heterocycles. The Morgan fingerprint density at radius 3 is 2.54 bits per heavy atom. The van der Waals surface area contributed by atoms with Gasteiger partial charge in [-0.05, 0) is 81.3 Å². The summed E-state index contributed by atoms with van der Waals surface area (Å²) in [6.07, 6.45) is 8.85. The van der Waals surface area contributed by atoms with Crippen LogP contribution >= 0.6 is 0 Å². The van der Waals surface area contributed by atoms with Gasteiger partial charge in [-0.3, -0.25) is 4.79 Å². The van der Waals surface area contributed by atoms with E-state index in [2.05, 4.69) is 52.7 Å². The van der Waals surface area contributed by atoms with E-state index >= 15 is 0 Å². The molecule has 5 aliphatic rings. The van der Waals surface area contributed by atoms with Crippen molar-refractivity contribution in [3.63, 3.8) is 0 Å². The Labute approximate surface area is 315 Å². The van der Waals surface area contributed by atoms with Crippen LogP contribution in [0.4, 0.5) is 23.3 Å². The van der Waals surface area contributed by atoms with Crippen LogP contribution in [-0.2, 0) is 9.53 Å². The van der Waals surface area contributed by atoms with Gasteiger partial charge >= 0.3 is 5.97 Å². The number of aromatic hydroxyl groups is 1. The summed E-state index contributed by atoms with van der Waals surface area (Å²) in [5, 5.41) is 27.0. The zero-order valence-electron chi connectivity index (χ0n) is 31.4. The molecule has 4 aliphatic heterocycles. The number of fused-ring (bicyclic) bond motifs is 3. The predicted molar refractivity (Wildman–Crippen MR) is 205 cm³/mol. The molecule has 4 aromatic rings. The van der Waals surface area contributed by atoms with Gasteiger partial charge in [-0.2, -0.15) is 0 Å². The van der Waals surface area contributed by atoms with Crippen LogP contribution in [0.5, 0.6) is 5.75 Å². The average molecular weight is 735 g/mol. The smallest absolute Gasteiger partial charge is 0.317 e. The third kappa shape index (κ3) is 6.37. The summed E-state index contributed by atoms with van der Waals surface area (Å²) in [6.45, 7) is 13.6. The van der Waals surface area contributed by atoms with E-state index in [1.807, 2.05) is 51.1 Å². The van der Waals surface area contributed by atoms with Crippen LogP contribution < -0.4 is 20.0 Å². The van der Waals surface area contributed by atoms with E-state index in [1.54, 1.807) is 6.07 Å². The van der Waals surface area contributed by atoms with Crippen LogP contribution in [0.25, 0.3) is 11.3 Å². The monoisotopic (exact) mass is 734 g/mol. The Kier molecular flexibility index (Phi) is 9.03. The van der Waals surface area contributed by atoms with Crippen molar-refractivity contribution in [2.24, 2.45) is 11.3 Å². The van der Waals surface area contributed by atoms with E-state index in [4.69, 9.17) is 19.2 Å². The van der Waals surface area contributed by atoms with Crippen molar-refractivity contribution in [1.82, 2.24) is 30.2 Å². The summed E-state index contributed by atoms with van der Waals surface area (Å²) >= 11 is 0. The molecule has 2 N–H and O–H groups in total. The quantitative estimate of drug-likeness (QED) is 0.225. The summed E-state index contributed by atoms with van der Waals surface area (Å²) < 4.78 is 10.9. The minimum Gasteiger partial charge on any atom is -0.507 e. The lowest BCUT2D eigenvalue weighted by Gasteiger charge is -2.61. The number of hydrogen-bond acceptors (Lipinski definition) is 14. The summed E-state index contributed by atoms with van der Waals surface area (Å²) in [5.41, 5.74) is 3.97. The molecule has 54 heavy (non-hydrogen) atoms. The van der Waals surface area contributed by atoms with Crippen LogP contribution in [0.1, 0.15) is 69.6 Å². The number of likely N-dealkylation sites (tertiary alicyclic amines) is 1. The Morgan fingerprint density at radius 2 is 1.80 bits per heavy atom. The molecule has 14 nitrogen and oxygen atoms in total. The van der Waals surface area contributed by atoms with E-state index in [-0.39, 0.29) is 23.7 Å². The van der Waals surface area contributed by atoms with E-state index in [0.717, 1.165) is 88.5 Å². The number of nitrogens with one attached hydrogen (secondary N) is 1. The van der Waals surface area contributed by atoms with Gasteiger partial charge in [-0.25, -0.2) is 9.97 Å². The van der Waals surface area contributed by atoms with E-state index in [9.17, 15) is 9.90 Å². The van der Waals surface area contributed by atoms with Gasteiger partial charge in [0.2, 0.25) is 5.95 Å². The fourth-order valence-corrected chi connectivity index (χ4v) is 9.50. The SMILES string of the molecule is CCOC(=O)C(c1cc(N2CC3(CC(N4CCC(c5cnc(N6CCN7c8cc(-c9ccccc9O)nnc8NC[C@H]7C6)nc5)CC4)C3)C2)no1)C(C)C. The maximum Gasteiger partial charge on any atom is 0.317 e. The number of nitrogens with zero attached hydrogens (tertiary/aromatic N) is 9.